The van der Waals surface area contributed by atoms with Crippen molar-refractivity contribution in [3.63, 3.8) is 0 Å². The fourth-order valence-corrected chi connectivity index (χ4v) is 3.48. The molecule has 124 valence electrons. The largest absolute Gasteiger partial charge is 0.481 e. The highest BCUT2D eigenvalue weighted by molar-refractivity contribution is 7.89. The minimum Gasteiger partial charge on any atom is -0.481 e. The molecule has 2 N–H and O–H groups in total. The van der Waals surface area contributed by atoms with Crippen molar-refractivity contribution in [2.45, 2.75) is 31.8 Å². The van der Waals surface area contributed by atoms with Crippen LogP contribution in [0.25, 0.3) is 0 Å². The molecule has 6 nitrogen and oxygen atoms in total. The van der Waals surface area contributed by atoms with Gasteiger partial charge in [-0.05, 0) is 24.0 Å². The quantitative estimate of drug-likeness (QED) is 0.721. The zero-order valence-electron chi connectivity index (χ0n) is 13.1. The number of methoxy groups -OCH3 is 1. The Morgan fingerprint density at radius 2 is 1.95 bits per heavy atom. The molecule has 1 rings (SSSR count). The Kier molecular flexibility index (Phi) is 6.99. The fraction of sp³-hybridized carbons (Fsp3) is 0.533. The standard InChI is InChI=1S/C15H23NO5S/c1-11(2)8-13(15(17)18)9-16-22(19,20)14-7-5-4-6-12(14)10-21-3/h4-7,11,13,16H,8-10H2,1-3H3,(H,17,18). The Balaban J connectivity index is 2.89. The third-order valence-electron chi connectivity index (χ3n) is 3.19. The summed E-state index contributed by atoms with van der Waals surface area (Å²) in [6.07, 6.45) is 0.414. The molecule has 1 unspecified atom stereocenters. The summed E-state index contributed by atoms with van der Waals surface area (Å²) in [4.78, 5) is 11.3. The minimum atomic E-state index is -3.77. The van der Waals surface area contributed by atoms with Crippen molar-refractivity contribution in [2.24, 2.45) is 11.8 Å². The smallest absolute Gasteiger partial charge is 0.307 e. The van der Waals surface area contributed by atoms with Crippen LogP contribution in [-0.4, -0.2) is 33.1 Å². The first-order valence-corrected chi connectivity index (χ1v) is 8.55. The number of ether oxygens (including phenoxy) is 1. The number of aliphatic carboxylic acids is 1. The van der Waals surface area contributed by atoms with Crippen LogP contribution >= 0.6 is 0 Å². The van der Waals surface area contributed by atoms with Crippen LogP contribution in [0.5, 0.6) is 0 Å². The van der Waals surface area contributed by atoms with Crippen LogP contribution in [0.1, 0.15) is 25.8 Å². The van der Waals surface area contributed by atoms with Crippen LogP contribution in [0.4, 0.5) is 0 Å². The van der Waals surface area contributed by atoms with Gasteiger partial charge in [-0.25, -0.2) is 13.1 Å². The van der Waals surface area contributed by atoms with Crippen LogP contribution in [-0.2, 0) is 26.2 Å². The van der Waals surface area contributed by atoms with E-state index in [1.54, 1.807) is 18.2 Å². The fourth-order valence-electron chi connectivity index (χ4n) is 2.17. The summed E-state index contributed by atoms with van der Waals surface area (Å²) in [5, 5.41) is 9.17. The van der Waals surface area contributed by atoms with Crippen molar-refractivity contribution in [3.8, 4) is 0 Å². The molecule has 0 aliphatic carbocycles. The lowest BCUT2D eigenvalue weighted by Crippen LogP contribution is -2.34. The van der Waals surface area contributed by atoms with Gasteiger partial charge < -0.3 is 9.84 Å². The van der Waals surface area contributed by atoms with E-state index in [-0.39, 0.29) is 24.0 Å². The highest BCUT2D eigenvalue weighted by Crippen LogP contribution is 2.17. The molecule has 0 aromatic heterocycles. The molecular formula is C15H23NO5S. The van der Waals surface area contributed by atoms with Crippen molar-refractivity contribution in [1.29, 1.82) is 0 Å². The van der Waals surface area contributed by atoms with E-state index in [0.29, 0.717) is 12.0 Å². The van der Waals surface area contributed by atoms with Crippen LogP contribution in [0.3, 0.4) is 0 Å². The topological polar surface area (TPSA) is 92.7 Å². The maximum Gasteiger partial charge on any atom is 0.307 e. The number of sulfonamides is 1. The van der Waals surface area contributed by atoms with Gasteiger partial charge in [-0.1, -0.05) is 32.0 Å². The molecule has 0 amide bonds. The summed E-state index contributed by atoms with van der Waals surface area (Å²) in [6.45, 7) is 3.85. The summed E-state index contributed by atoms with van der Waals surface area (Å²) in [5.41, 5.74) is 0.535. The van der Waals surface area contributed by atoms with Gasteiger partial charge in [-0.15, -0.1) is 0 Å². The predicted octanol–water partition coefficient (Wildman–Crippen LogP) is 1.86. The second kappa shape index (κ2) is 8.26. The van der Waals surface area contributed by atoms with E-state index in [2.05, 4.69) is 4.72 Å². The number of hydrogen-bond donors (Lipinski definition) is 2. The Hall–Kier alpha value is -1.44. The number of carbonyl (C=O) groups is 1. The normalized spacial score (nSPS) is 13.3. The summed E-state index contributed by atoms with van der Waals surface area (Å²) in [6, 6.07) is 6.50. The van der Waals surface area contributed by atoms with E-state index >= 15 is 0 Å². The Bertz CT molecular complexity index is 598. The molecule has 0 radical (unpaired) electrons. The molecule has 1 aromatic carbocycles. The van der Waals surface area contributed by atoms with Gasteiger partial charge in [0, 0.05) is 13.7 Å². The summed E-state index contributed by atoms with van der Waals surface area (Å²) in [5.74, 6) is -1.57. The number of carboxylic acid groups (broad SMARTS) is 1. The molecule has 7 heteroatoms. The van der Waals surface area contributed by atoms with Gasteiger partial charge in [0.2, 0.25) is 10.0 Å². The molecular weight excluding hydrogens is 306 g/mol. The van der Waals surface area contributed by atoms with Crippen molar-refractivity contribution < 1.29 is 23.1 Å². The number of hydrogen-bond acceptors (Lipinski definition) is 4. The van der Waals surface area contributed by atoms with Gasteiger partial charge in [0.15, 0.2) is 0 Å². The monoisotopic (exact) mass is 329 g/mol. The van der Waals surface area contributed by atoms with Gasteiger partial charge in [0.05, 0.1) is 17.4 Å². The van der Waals surface area contributed by atoms with Crippen LogP contribution in [0.15, 0.2) is 29.2 Å². The second-order valence-electron chi connectivity index (χ2n) is 5.56. The summed E-state index contributed by atoms with van der Waals surface area (Å²) in [7, 11) is -2.28. The van der Waals surface area contributed by atoms with Gasteiger partial charge in [0.1, 0.15) is 0 Å². The molecule has 0 bridgehead atoms. The van der Waals surface area contributed by atoms with Crippen LogP contribution in [0.2, 0.25) is 0 Å². The highest BCUT2D eigenvalue weighted by atomic mass is 32.2. The van der Waals surface area contributed by atoms with E-state index in [9.17, 15) is 18.3 Å². The van der Waals surface area contributed by atoms with Crippen molar-refractivity contribution >= 4 is 16.0 Å². The Morgan fingerprint density at radius 1 is 1.32 bits per heavy atom. The van der Waals surface area contributed by atoms with Gasteiger partial charge in [0.25, 0.3) is 0 Å². The molecule has 0 aliphatic rings. The van der Waals surface area contributed by atoms with Crippen molar-refractivity contribution in [2.75, 3.05) is 13.7 Å². The second-order valence-corrected chi connectivity index (χ2v) is 7.29. The minimum absolute atomic E-state index is 0.116. The third kappa shape index (κ3) is 5.40. The van der Waals surface area contributed by atoms with Crippen LogP contribution in [0, 0.1) is 11.8 Å². The molecule has 1 aromatic rings. The number of nitrogens with one attached hydrogen (secondary N) is 1. The molecule has 0 heterocycles. The lowest BCUT2D eigenvalue weighted by molar-refractivity contribution is -0.142. The highest BCUT2D eigenvalue weighted by Gasteiger charge is 2.24. The zero-order chi connectivity index (χ0) is 16.8. The first kappa shape index (κ1) is 18.6. The first-order valence-electron chi connectivity index (χ1n) is 7.07. The van der Waals surface area contributed by atoms with Gasteiger partial charge >= 0.3 is 5.97 Å². The SMILES string of the molecule is COCc1ccccc1S(=O)(=O)NCC(CC(C)C)C(=O)O. The number of rotatable bonds is 9. The summed E-state index contributed by atoms with van der Waals surface area (Å²) < 4.78 is 32.2. The van der Waals surface area contributed by atoms with E-state index in [1.807, 2.05) is 13.8 Å². The van der Waals surface area contributed by atoms with Gasteiger partial charge in [-0.2, -0.15) is 0 Å². The molecule has 0 saturated heterocycles. The first-order chi connectivity index (χ1) is 10.3. The summed E-state index contributed by atoms with van der Waals surface area (Å²) >= 11 is 0. The van der Waals surface area contributed by atoms with Crippen LogP contribution < -0.4 is 4.72 Å². The van der Waals surface area contributed by atoms with E-state index < -0.39 is 21.9 Å². The van der Waals surface area contributed by atoms with E-state index in [4.69, 9.17) is 4.74 Å². The molecule has 0 saturated carbocycles. The Morgan fingerprint density at radius 3 is 2.50 bits per heavy atom. The lowest BCUT2D eigenvalue weighted by atomic mass is 9.98. The zero-order valence-corrected chi connectivity index (χ0v) is 13.9. The van der Waals surface area contributed by atoms with Gasteiger partial charge in [-0.3, -0.25) is 4.79 Å². The third-order valence-corrected chi connectivity index (χ3v) is 4.71. The molecule has 0 aliphatic heterocycles. The average molecular weight is 329 g/mol. The number of carboxylic acids is 1. The van der Waals surface area contributed by atoms with E-state index in [1.165, 1.54) is 13.2 Å². The maximum atomic E-state index is 12.4. The predicted molar refractivity (Wildman–Crippen MR) is 82.9 cm³/mol. The molecule has 0 spiro atoms. The molecule has 0 fully saturated rings. The average Bonchev–Trinajstić information content (AvgIpc) is 2.43. The Labute approximate surface area is 131 Å². The lowest BCUT2D eigenvalue weighted by Gasteiger charge is -2.16. The number of benzene rings is 1. The molecule has 22 heavy (non-hydrogen) atoms. The van der Waals surface area contributed by atoms with Crippen molar-refractivity contribution in [3.05, 3.63) is 29.8 Å². The van der Waals surface area contributed by atoms with E-state index in [0.717, 1.165) is 0 Å². The van der Waals surface area contributed by atoms with Crippen molar-refractivity contribution in [1.82, 2.24) is 4.72 Å². The maximum absolute atomic E-state index is 12.4. The molecule has 1 atom stereocenters.